The van der Waals surface area contributed by atoms with Crippen LogP contribution in [0.3, 0.4) is 0 Å². The van der Waals surface area contributed by atoms with Gasteiger partial charge in [-0.05, 0) is 46.2 Å². The first-order chi connectivity index (χ1) is 11.9. The number of rotatable bonds is 5. The fourth-order valence-electron chi connectivity index (χ4n) is 2.81. The van der Waals surface area contributed by atoms with Gasteiger partial charge in [0.2, 0.25) is 0 Å². The molecule has 1 atom stereocenters. The van der Waals surface area contributed by atoms with E-state index in [0.29, 0.717) is 41.0 Å². The van der Waals surface area contributed by atoms with E-state index in [2.05, 4.69) is 15.5 Å². The van der Waals surface area contributed by atoms with Gasteiger partial charge in [0.1, 0.15) is 11.5 Å². The molecule has 1 amide bonds. The smallest absolute Gasteiger partial charge is 0.259 e. The van der Waals surface area contributed by atoms with Crippen molar-refractivity contribution in [1.82, 2.24) is 15.5 Å². The van der Waals surface area contributed by atoms with Gasteiger partial charge in [0.25, 0.3) is 11.6 Å². The van der Waals surface area contributed by atoms with Crippen LogP contribution in [0.25, 0.3) is 22.4 Å². The Kier molecular flexibility index (Phi) is 4.59. The third-order valence-corrected chi connectivity index (χ3v) is 4.06. The zero-order valence-corrected chi connectivity index (χ0v) is 14.8. The van der Waals surface area contributed by atoms with Crippen LogP contribution in [0.2, 0.25) is 0 Å². The van der Waals surface area contributed by atoms with Crippen molar-refractivity contribution in [2.24, 2.45) is 5.73 Å². The van der Waals surface area contributed by atoms with Crippen LogP contribution in [0.5, 0.6) is 0 Å². The molecule has 3 heterocycles. The lowest BCUT2D eigenvalue weighted by Gasteiger charge is -2.09. The minimum Gasteiger partial charge on any atom is -0.466 e. The van der Waals surface area contributed by atoms with Crippen LogP contribution < -0.4 is 11.1 Å². The Hall–Kier alpha value is -2.67. The van der Waals surface area contributed by atoms with E-state index in [9.17, 15) is 4.79 Å². The first-order valence-corrected chi connectivity index (χ1v) is 8.25. The van der Waals surface area contributed by atoms with E-state index in [1.807, 2.05) is 26.8 Å². The number of hydrogen-bond donors (Lipinski definition) is 2. The Morgan fingerprint density at radius 1 is 1.32 bits per heavy atom. The number of aromatic nitrogens is 2. The molecule has 0 aliphatic carbocycles. The summed E-state index contributed by atoms with van der Waals surface area (Å²) in [7, 11) is 0. The largest absolute Gasteiger partial charge is 0.466 e. The molecule has 0 fully saturated rings. The van der Waals surface area contributed by atoms with Crippen molar-refractivity contribution in [2.45, 2.75) is 40.2 Å². The zero-order chi connectivity index (χ0) is 18.1. The summed E-state index contributed by atoms with van der Waals surface area (Å²) in [4.78, 5) is 17.2. The van der Waals surface area contributed by atoms with Crippen molar-refractivity contribution in [2.75, 3.05) is 6.54 Å². The van der Waals surface area contributed by atoms with Gasteiger partial charge < -0.3 is 20.0 Å². The van der Waals surface area contributed by atoms with Gasteiger partial charge in [-0.2, -0.15) is 0 Å². The predicted octanol–water partition coefficient (Wildman–Crippen LogP) is 2.88. The highest BCUT2D eigenvalue weighted by Crippen LogP contribution is 2.30. The van der Waals surface area contributed by atoms with Gasteiger partial charge in [-0.15, -0.1) is 0 Å². The third-order valence-electron chi connectivity index (χ3n) is 4.06. The molecular weight excluding hydrogens is 320 g/mol. The molecule has 0 radical (unpaired) electrons. The Labute approximate surface area is 145 Å². The first-order valence-electron chi connectivity index (χ1n) is 8.25. The molecule has 7 nitrogen and oxygen atoms in total. The minimum absolute atomic E-state index is 0.0298. The lowest BCUT2D eigenvalue weighted by atomic mass is 10.1. The molecule has 0 saturated carbocycles. The fourth-order valence-corrected chi connectivity index (χ4v) is 2.81. The van der Waals surface area contributed by atoms with Crippen molar-refractivity contribution < 1.29 is 13.7 Å². The van der Waals surface area contributed by atoms with E-state index < -0.39 is 0 Å². The number of fused-ring (bicyclic) bond motifs is 1. The van der Waals surface area contributed by atoms with Crippen molar-refractivity contribution in [3.8, 4) is 11.3 Å². The van der Waals surface area contributed by atoms with Crippen LogP contribution in [0.15, 0.2) is 21.1 Å². The molecule has 25 heavy (non-hydrogen) atoms. The maximum Gasteiger partial charge on any atom is 0.259 e. The van der Waals surface area contributed by atoms with Gasteiger partial charge in [0.05, 0.1) is 22.3 Å². The normalized spacial score (nSPS) is 12.5. The summed E-state index contributed by atoms with van der Waals surface area (Å²) < 4.78 is 10.9. The molecule has 3 aromatic rings. The van der Waals surface area contributed by atoms with Crippen molar-refractivity contribution >= 4 is 17.0 Å². The average molecular weight is 342 g/mol. The number of nitrogens with two attached hydrogens (primary N) is 1. The van der Waals surface area contributed by atoms with Gasteiger partial charge >= 0.3 is 0 Å². The standard InChI is InChI=1S/C18H22N4O3/c1-9(19)5-6-20-17(23)14-8-15(13-7-10(2)24-12(13)4)21-18-16(14)11(3)22-25-18/h7-9H,5-6,19H2,1-4H3,(H,20,23). The molecule has 3 rings (SSSR count). The molecule has 0 aliphatic heterocycles. The maximum absolute atomic E-state index is 12.7. The van der Waals surface area contributed by atoms with Crippen molar-refractivity contribution in [1.29, 1.82) is 0 Å². The van der Waals surface area contributed by atoms with E-state index >= 15 is 0 Å². The zero-order valence-electron chi connectivity index (χ0n) is 14.8. The minimum atomic E-state index is -0.196. The van der Waals surface area contributed by atoms with Gasteiger partial charge in [-0.25, -0.2) is 4.98 Å². The van der Waals surface area contributed by atoms with Crippen LogP contribution in [0.4, 0.5) is 0 Å². The van der Waals surface area contributed by atoms with Gasteiger partial charge in [0, 0.05) is 18.2 Å². The van der Waals surface area contributed by atoms with E-state index in [1.54, 1.807) is 13.0 Å². The Bertz CT molecular complexity index is 924. The van der Waals surface area contributed by atoms with Crippen LogP contribution in [-0.2, 0) is 0 Å². The Balaban J connectivity index is 2.05. The van der Waals surface area contributed by atoms with Gasteiger partial charge in [-0.3, -0.25) is 4.79 Å². The highest BCUT2D eigenvalue weighted by molar-refractivity contribution is 6.07. The quantitative estimate of drug-likeness (QED) is 0.738. The molecule has 3 aromatic heterocycles. The second-order valence-corrected chi connectivity index (χ2v) is 6.35. The summed E-state index contributed by atoms with van der Waals surface area (Å²) >= 11 is 0. The van der Waals surface area contributed by atoms with E-state index in [4.69, 9.17) is 14.7 Å². The van der Waals surface area contributed by atoms with Crippen LogP contribution in [-0.4, -0.2) is 28.6 Å². The monoisotopic (exact) mass is 342 g/mol. The molecule has 0 aliphatic rings. The fraction of sp³-hybridized carbons (Fsp3) is 0.389. The molecule has 0 spiro atoms. The molecular formula is C18H22N4O3. The van der Waals surface area contributed by atoms with Gasteiger partial charge in [-0.1, -0.05) is 5.16 Å². The molecule has 3 N–H and O–H groups in total. The molecule has 7 heteroatoms. The number of amides is 1. The topological polar surface area (TPSA) is 107 Å². The highest BCUT2D eigenvalue weighted by Gasteiger charge is 2.20. The highest BCUT2D eigenvalue weighted by atomic mass is 16.5. The van der Waals surface area contributed by atoms with Crippen LogP contribution in [0.1, 0.15) is 40.9 Å². The molecule has 132 valence electrons. The number of carbonyl (C=O) groups excluding carboxylic acids is 1. The van der Waals surface area contributed by atoms with Crippen molar-refractivity contribution in [3.05, 3.63) is 34.9 Å². The lowest BCUT2D eigenvalue weighted by molar-refractivity contribution is 0.0954. The molecule has 0 saturated heterocycles. The van der Waals surface area contributed by atoms with E-state index in [0.717, 1.165) is 17.1 Å². The number of hydrogen-bond acceptors (Lipinski definition) is 6. The number of carbonyl (C=O) groups is 1. The summed E-state index contributed by atoms with van der Waals surface area (Å²) in [6.07, 6.45) is 0.704. The second-order valence-electron chi connectivity index (χ2n) is 6.35. The van der Waals surface area contributed by atoms with Crippen molar-refractivity contribution in [3.63, 3.8) is 0 Å². The molecule has 1 unspecified atom stereocenters. The summed E-state index contributed by atoms with van der Waals surface area (Å²) in [5, 5.41) is 7.47. The molecule has 0 aromatic carbocycles. The van der Waals surface area contributed by atoms with E-state index in [1.165, 1.54) is 0 Å². The first kappa shape index (κ1) is 17.2. The summed E-state index contributed by atoms with van der Waals surface area (Å²) in [5.74, 6) is 1.33. The summed E-state index contributed by atoms with van der Waals surface area (Å²) in [6.45, 7) is 7.93. The molecule has 0 bridgehead atoms. The van der Waals surface area contributed by atoms with Crippen LogP contribution in [0, 0.1) is 20.8 Å². The number of nitrogens with zero attached hydrogens (tertiary/aromatic N) is 2. The predicted molar refractivity (Wildman–Crippen MR) is 94.3 cm³/mol. The average Bonchev–Trinajstić information content (AvgIpc) is 3.08. The number of furan rings is 1. The third kappa shape index (κ3) is 3.41. The lowest BCUT2D eigenvalue weighted by Crippen LogP contribution is -2.29. The van der Waals surface area contributed by atoms with E-state index in [-0.39, 0.29) is 11.9 Å². The Morgan fingerprint density at radius 2 is 2.08 bits per heavy atom. The number of nitrogens with one attached hydrogen (secondary N) is 1. The summed E-state index contributed by atoms with van der Waals surface area (Å²) in [6, 6.07) is 3.68. The number of pyridine rings is 1. The van der Waals surface area contributed by atoms with Crippen LogP contribution >= 0.6 is 0 Å². The number of aryl methyl sites for hydroxylation is 3. The second kappa shape index (κ2) is 6.68. The SMILES string of the molecule is Cc1cc(-c2cc(C(=O)NCCC(C)N)c3c(C)noc3n2)c(C)o1. The Morgan fingerprint density at radius 3 is 2.72 bits per heavy atom. The maximum atomic E-state index is 12.7. The van der Waals surface area contributed by atoms with Gasteiger partial charge in [0.15, 0.2) is 0 Å². The summed E-state index contributed by atoms with van der Waals surface area (Å²) in [5.41, 5.74) is 8.65.